The van der Waals surface area contributed by atoms with Crippen LogP contribution in [0.1, 0.15) is 59.2 Å². The molecule has 2 N–H and O–H groups in total. The first-order valence-corrected chi connectivity index (χ1v) is 8.87. The van der Waals surface area contributed by atoms with E-state index >= 15 is 0 Å². The van der Waals surface area contributed by atoms with Crippen molar-refractivity contribution in [2.45, 2.75) is 39.5 Å². The van der Waals surface area contributed by atoms with Gasteiger partial charge in [-0.2, -0.15) is 0 Å². The summed E-state index contributed by atoms with van der Waals surface area (Å²) in [6.45, 7) is 9.30. The van der Waals surface area contributed by atoms with E-state index in [-0.39, 0.29) is 17.2 Å². The zero-order chi connectivity index (χ0) is 19.2. The fraction of sp³-hybridized carbons (Fsp3) is 0.381. The molecule has 0 saturated heterocycles. The molecule has 0 aliphatic carbocycles. The lowest BCUT2D eigenvalue weighted by Crippen LogP contribution is -2.30. The average molecular weight is 353 g/mol. The highest BCUT2D eigenvalue weighted by molar-refractivity contribution is 5.94. The topological polar surface area (TPSA) is 71.1 Å². The van der Waals surface area contributed by atoms with Crippen molar-refractivity contribution in [2.75, 3.05) is 13.1 Å². The number of hydrogen-bond acceptors (Lipinski definition) is 3. The zero-order valence-electron chi connectivity index (χ0n) is 15.9. The lowest BCUT2D eigenvalue weighted by Gasteiger charge is -2.19. The van der Waals surface area contributed by atoms with Gasteiger partial charge >= 0.3 is 0 Å². The molecule has 1 aromatic carbocycles. The summed E-state index contributed by atoms with van der Waals surface area (Å²) in [5.74, 6) is -0.249. The first-order chi connectivity index (χ1) is 12.3. The molecule has 1 heterocycles. The second kappa shape index (κ2) is 8.61. The average Bonchev–Trinajstić information content (AvgIpc) is 2.61. The number of carbonyl (C=O) groups is 2. The maximum absolute atomic E-state index is 12.1. The van der Waals surface area contributed by atoms with Crippen molar-refractivity contribution in [3.05, 3.63) is 65.0 Å². The molecule has 0 saturated carbocycles. The Morgan fingerprint density at radius 1 is 0.885 bits per heavy atom. The van der Waals surface area contributed by atoms with Gasteiger partial charge in [0, 0.05) is 30.5 Å². The van der Waals surface area contributed by atoms with E-state index in [2.05, 4.69) is 36.4 Å². The van der Waals surface area contributed by atoms with Gasteiger partial charge in [0.2, 0.25) is 0 Å². The molecule has 0 aliphatic heterocycles. The fourth-order valence-corrected chi connectivity index (χ4v) is 2.42. The number of carbonyl (C=O) groups excluding carboxylic acids is 2. The summed E-state index contributed by atoms with van der Waals surface area (Å²) in [6, 6.07) is 11.2. The van der Waals surface area contributed by atoms with Crippen LogP contribution in [0.15, 0.2) is 42.6 Å². The maximum Gasteiger partial charge on any atom is 0.252 e. The van der Waals surface area contributed by atoms with E-state index in [1.165, 1.54) is 5.56 Å². The van der Waals surface area contributed by atoms with Gasteiger partial charge in [-0.05, 0) is 48.6 Å². The van der Waals surface area contributed by atoms with Gasteiger partial charge in [0.15, 0.2) is 0 Å². The number of benzene rings is 1. The van der Waals surface area contributed by atoms with Crippen LogP contribution < -0.4 is 10.6 Å². The lowest BCUT2D eigenvalue weighted by molar-refractivity contribution is 0.0951. The summed E-state index contributed by atoms with van der Waals surface area (Å²) in [4.78, 5) is 28.2. The predicted molar refractivity (Wildman–Crippen MR) is 103 cm³/mol. The van der Waals surface area contributed by atoms with Crippen LogP contribution in [-0.2, 0) is 5.41 Å². The summed E-state index contributed by atoms with van der Waals surface area (Å²) in [7, 11) is 0. The number of aryl methyl sites for hydroxylation is 1. The smallest absolute Gasteiger partial charge is 0.252 e. The van der Waals surface area contributed by atoms with Gasteiger partial charge in [0.05, 0.1) is 5.56 Å². The van der Waals surface area contributed by atoms with Gasteiger partial charge in [0.25, 0.3) is 11.8 Å². The summed E-state index contributed by atoms with van der Waals surface area (Å²) in [5.41, 5.74) is 3.33. The second-order valence-electron chi connectivity index (χ2n) is 7.38. The number of rotatable bonds is 6. The molecule has 5 heteroatoms. The highest BCUT2D eigenvalue weighted by Gasteiger charge is 2.14. The van der Waals surface area contributed by atoms with E-state index in [1.807, 2.05) is 31.2 Å². The van der Waals surface area contributed by atoms with Gasteiger partial charge in [-0.15, -0.1) is 0 Å². The van der Waals surface area contributed by atoms with Gasteiger partial charge in [-0.25, -0.2) is 0 Å². The van der Waals surface area contributed by atoms with Crippen molar-refractivity contribution >= 4 is 11.8 Å². The molecule has 0 fully saturated rings. The Bertz CT molecular complexity index is 744. The summed E-state index contributed by atoms with van der Waals surface area (Å²) < 4.78 is 0. The fourth-order valence-electron chi connectivity index (χ4n) is 2.42. The lowest BCUT2D eigenvalue weighted by atomic mass is 9.87. The second-order valence-corrected chi connectivity index (χ2v) is 7.38. The number of amides is 2. The first kappa shape index (κ1) is 19.6. The molecular weight excluding hydrogens is 326 g/mol. The Kier molecular flexibility index (Phi) is 6.50. The van der Waals surface area contributed by atoms with Crippen molar-refractivity contribution < 1.29 is 9.59 Å². The minimum Gasteiger partial charge on any atom is -0.352 e. The Morgan fingerprint density at radius 2 is 1.42 bits per heavy atom. The third-order valence-electron chi connectivity index (χ3n) is 4.11. The number of hydrogen-bond donors (Lipinski definition) is 2. The highest BCUT2D eigenvalue weighted by Crippen LogP contribution is 2.22. The molecule has 5 nitrogen and oxygen atoms in total. The maximum atomic E-state index is 12.1. The molecule has 26 heavy (non-hydrogen) atoms. The Hall–Kier alpha value is -2.69. The normalized spacial score (nSPS) is 11.1. The van der Waals surface area contributed by atoms with Crippen LogP contribution in [0.5, 0.6) is 0 Å². The number of nitrogens with one attached hydrogen (secondary N) is 2. The van der Waals surface area contributed by atoms with E-state index < -0.39 is 0 Å². The van der Waals surface area contributed by atoms with Crippen molar-refractivity contribution in [3.63, 3.8) is 0 Å². The molecule has 2 amide bonds. The number of pyridine rings is 1. The third kappa shape index (κ3) is 5.69. The molecule has 1 aromatic heterocycles. The van der Waals surface area contributed by atoms with Gasteiger partial charge in [0.1, 0.15) is 0 Å². The molecule has 0 radical (unpaired) electrons. The van der Waals surface area contributed by atoms with Crippen LogP contribution in [0.2, 0.25) is 0 Å². The molecule has 138 valence electrons. The first-order valence-electron chi connectivity index (χ1n) is 8.87. The van der Waals surface area contributed by atoms with Gasteiger partial charge in [-0.1, -0.05) is 32.9 Å². The van der Waals surface area contributed by atoms with Crippen molar-refractivity contribution in [3.8, 4) is 0 Å². The number of nitrogens with zero attached hydrogens (tertiary/aromatic N) is 1. The van der Waals surface area contributed by atoms with Crippen LogP contribution in [0, 0.1) is 6.92 Å². The van der Waals surface area contributed by atoms with E-state index in [1.54, 1.807) is 18.3 Å². The molecule has 0 bridgehead atoms. The van der Waals surface area contributed by atoms with E-state index in [0.29, 0.717) is 30.6 Å². The monoisotopic (exact) mass is 353 g/mol. The summed E-state index contributed by atoms with van der Waals surface area (Å²) in [5, 5.41) is 5.70. The molecule has 0 aliphatic rings. The molecular formula is C21H27N3O2. The van der Waals surface area contributed by atoms with Gasteiger partial charge in [-0.3, -0.25) is 14.6 Å². The molecule has 0 unspecified atom stereocenters. The van der Waals surface area contributed by atoms with E-state index in [9.17, 15) is 9.59 Å². The van der Waals surface area contributed by atoms with Crippen LogP contribution in [0.25, 0.3) is 0 Å². The highest BCUT2D eigenvalue weighted by atomic mass is 16.2. The van der Waals surface area contributed by atoms with Crippen molar-refractivity contribution in [1.82, 2.24) is 15.6 Å². The molecule has 2 aromatic rings. The molecule has 0 atom stereocenters. The minimum atomic E-state index is -0.151. The largest absolute Gasteiger partial charge is 0.352 e. The standard InChI is InChI=1S/C21H27N3O2/c1-15-6-7-17(14-24-15)20(26)23-13-5-12-22-19(25)16-8-10-18(11-9-16)21(2,3)4/h6-11,14H,5,12-13H2,1-4H3,(H,22,25)(H,23,26). The summed E-state index contributed by atoms with van der Waals surface area (Å²) >= 11 is 0. The van der Waals surface area contributed by atoms with E-state index in [4.69, 9.17) is 0 Å². The van der Waals surface area contributed by atoms with Crippen LogP contribution >= 0.6 is 0 Å². The van der Waals surface area contributed by atoms with Crippen LogP contribution in [0.3, 0.4) is 0 Å². The molecule has 2 rings (SSSR count). The third-order valence-corrected chi connectivity index (χ3v) is 4.11. The summed E-state index contributed by atoms with van der Waals surface area (Å²) in [6.07, 6.45) is 2.23. The van der Waals surface area contributed by atoms with Crippen LogP contribution in [-0.4, -0.2) is 29.9 Å². The number of aromatic nitrogens is 1. The predicted octanol–water partition coefficient (Wildman–Crippen LogP) is 3.24. The Balaban J connectivity index is 1.71. The molecule has 0 spiro atoms. The van der Waals surface area contributed by atoms with Crippen molar-refractivity contribution in [2.24, 2.45) is 0 Å². The van der Waals surface area contributed by atoms with E-state index in [0.717, 1.165) is 5.69 Å². The quantitative estimate of drug-likeness (QED) is 0.783. The van der Waals surface area contributed by atoms with Gasteiger partial charge < -0.3 is 10.6 Å². The van der Waals surface area contributed by atoms with Crippen molar-refractivity contribution in [1.29, 1.82) is 0 Å². The minimum absolute atomic E-state index is 0.0696. The Labute approximate surface area is 155 Å². The SMILES string of the molecule is Cc1ccc(C(=O)NCCCNC(=O)c2ccc(C(C)(C)C)cc2)cn1. The zero-order valence-corrected chi connectivity index (χ0v) is 15.9. The van der Waals surface area contributed by atoms with Crippen LogP contribution in [0.4, 0.5) is 0 Å². The Morgan fingerprint density at radius 3 is 1.92 bits per heavy atom.